The second kappa shape index (κ2) is 6.45. The molecule has 16 heavy (non-hydrogen) atoms. The zero-order valence-corrected chi connectivity index (χ0v) is 11.3. The van der Waals surface area contributed by atoms with Crippen molar-refractivity contribution >= 4 is 17.5 Å². The van der Waals surface area contributed by atoms with Crippen LogP contribution in [0, 0.1) is 0 Å². The summed E-state index contributed by atoms with van der Waals surface area (Å²) in [5, 5.41) is 0. The molecule has 0 radical (unpaired) electrons. The van der Waals surface area contributed by atoms with Gasteiger partial charge in [0.05, 0.1) is 0 Å². The van der Waals surface area contributed by atoms with Crippen LogP contribution < -0.4 is 0 Å². The van der Waals surface area contributed by atoms with E-state index in [4.69, 9.17) is 11.6 Å². The standard InChI is InChI=1S/C12H23ClN2O/c1-4-15(12(16)9-13)11-8-6-5-7-10(11)14(2)3/h10-11H,4-9H2,1-3H3/t10-,11-/m1/s1. The first-order valence-electron chi connectivity index (χ1n) is 6.13. The molecule has 0 aromatic heterocycles. The number of carbonyl (C=O) groups excluding carboxylic acids is 1. The Kier molecular flexibility index (Phi) is 5.56. The van der Waals surface area contributed by atoms with Gasteiger partial charge in [-0.25, -0.2) is 0 Å². The highest BCUT2D eigenvalue weighted by Gasteiger charge is 2.32. The fraction of sp³-hybridized carbons (Fsp3) is 0.917. The van der Waals surface area contributed by atoms with Crippen LogP contribution in [0.5, 0.6) is 0 Å². The molecule has 0 saturated heterocycles. The van der Waals surface area contributed by atoms with Gasteiger partial charge < -0.3 is 9.80 Å². The van der Waals surface area contributed by atoms with Crippen molar-refractivity contribution in [2.24, 2.45) is 0 Å². The number of halogens is 1. The number of carbonyl (C=O) groups is 1. The molecule has 0 N–H and O–H groups in total. The third-order valence-electron chi connectivity index (χ3n) is 3.53. The molecule has 3 nitrogen and oxygen atoms in total. The monoisotopic (exact) mass is 246 g/mol. The van der Waals surface area contributed by atoms with Gasteiger partial charge >= 0.3 is 0 Å². The van der Waals surface area contributed by atoms with Crippen molar-refractivity contribution in [1.82, 2.24) is 9.80 Å². The van der Waals surface area contributed by atoms with Crippen molar-refractivity contribution in [3.8, 4) is 0 Å². The molecule has 1 amide bonds. The number of rotatable bonds is 4. The molecule has 0 aromatic carbocycles. The normalized spacial score (nSPS) is 25.8. The summed E-state index contributed by atoms with van der Waals surface area (Å²) < 4.78 is 0. The first-order valence-corrected chi connectivity index (χ1v) is 6.67. The third kappa shape index (κ3) is 3.11. The molecule has 1 fully saturated rings. The van der Waals surface area contributed by atoms with Gasteiger partial charge in [0, 0.05) is 18.6 Å². The first kappa shape index (κ1) is 13.8. The zero-order chi connectivity index (χ0) is 12.1. The predicted octanol–water partition coefficient (Wildman–Crippen LogP) is 1.95. The van der Waals surface area contributed by atoms with E-state index in [0.717, 1.165) is 13.0 Å². The van der Waals surface area contributed by atoms with Gasteiger partial charge in [-0.15, -0.1) is 11.6 Å². The number of hydrogen-bond acceptors (Lipinski definition) is 2. The van der Waals surface area contributed by atoms with Gasteiger partial charge in [-0.3, -0.25) is 4.79 Å². The molecule has 1 saturated carbocycles. The SMILES string of the molecule is CCN(C(=O)CCl)[C@@H]1CCCC[C@H]1N(C)C. The van der Waals surface area contributed by atoms with Gasteiger partial charge in [0.25, 0.3) is 0 Å². The van der Waals surface area contributed by atoms with Crippen molar-refractivity contribution in [2.75, 3.05) is 26.5 Å². The Morgan fingerprint density at radius 1 is 1.25 bits per heavy atom. The molecule has 1 aliphatic rings. The molecule has 0 bridgehead atoms. The number of hydrogen-bond donors (Lipinski definition) is 0. The maximum Gasteiger partial charge on any atom is 0.237 e. The average Bonchev–Trinajstić information content (AvgIpc) is 2.30. The van der Waals surface area contributed by atoms with Gasteiger partial charge in [0.1, 0.15) is 5.88 Å². The van der Waals surface area contributed by atoms with Gasteiger partial charge in [-0.1, -0.05) is 12.8 Å². The van der Waals surface area contributed by atoms with Gasteiger partial charge in [-0.2, -0.15) is 0 Å². The van der Waals surface area contributed by atoms with Crippen LogP contribution in [0.1, 0.15) is 32.6 Å². The van der Waals surface area contributed by atoms with Gasteiger partial charge in [0.2, 0.25) is 5.91 Å². The molecule has 1 aliphatic carbocycles. The van der Waals surface area contributed by atoms with E-state index in [1.807, 2.05) is 11.8 Å². The summed E-state index contributed by atoms with van der Waals surface area (Å²) in [4.78, 5) is 16.0. The summed E-state index contributed by atoms with van der Waals surface area (Å²) in [5.41, 5.74) is 0. The summed E-state index contributed by atoms with van der Waals surface area (Å²) in [6.07, 6.45) is 4.79. The van der Waals surface area contributed by atoms with Crippen molar-refractivity contribution in [3.63, 3.8) is 0 Å². The Hall–Kier alpha value is -0.280. The summed E-state index contributed by atoms with van der Waals surface area (Å²) in [6, 6.07) is 0.834. The Morgan fingerprint density at radius 2 is 1.81 bits per heavy atom. The molecular formula is C12H23ClN2O. The Morgan fingerprint density at radius 3 is 2.25 bits per heavy atom. The maximum absolute atomic E-state index is 11.8. The predicted molar refractivity (Wildman–Crippen MR) is 67.8 cm³/mol. The molecule has 0 aliphatic heterocycles. The Labute approximate surface area is 104 Å². The van der Waals surface area contributed by atoms with E-state index in [-0.39, 0.29) is 11.8 Å². The molecule has 0 aromatic rings. The zero-order valence-electron chi connectivity index (χ0n) is 10.6. The van der Waals surface area contributed by atoms with E-state index in [2.05, 4.69) is 19.0 Å². The summed E-state index contributed by atoms with van der Waals surface area (Å²) >= 11 is 5.67. The lowest BCUT2D eigenvalue weighted by molar-refractivity contribution is -0.132. The van der Waals surface area contributed by atoms with Crippen LogP contribution in [-0.2, 0) is 4.79 Å². The van der Waals surface area contributed by atoms with Gasteiger partial charge in [0.15, 0.2) is 0 Å². The fourth-order valence-electron chi connectivity index (χ4n) is 2.73. The molecule has 0 heterocycles. The highest BCUT2D eigenvalue weighted by molar-refractivity contribution is 6.27. The number of likely N-dealkylation sites (N-methyl/N-ethyl adjacent to an activating group) is 2. The minimum Gasteiger partial charge on any atom is -0.337 e. The molecule has 0 spiro atoms. The summed E-state index contributed by atoms with van der Waals surface area (Å²) in [5.74, 6) is 0.174. The van der Waals surface area contributed by atoms with Crippen LogP contribution in [0.15, 0.2) is 0 Å². The molecule has 0 unspecified atom stereocenters. The molecule has 94 valence electrons. The highest BCUT2D eigenvalue weighted by atomic mass is 35.5. The van der Waals surface area contributed by atoms with E-state index in [1.165, 1.54) is 19.3 Å². The van der Waals surface area contributed by atoms with Crippen molar-refractivity contribution in [2.45, 2.75) is 44.7 Å². The second-order valence-corrected chi connectivity index (χ2v) is 4.96. The smallest absolute Gasteiger partial charge is 0.237 e. The quantitative estimate of drug-likeness (QED) is 0.708. The van der Waals surface area contributed by atoms with Crippen LogP contribution in [0.3, 0.4) is 0 Å². The first-order chi connectivity index (χ1) is 7.61. The van der Waals surface area contributed by atoms with E-state index >= 15 is 0 Å². The topological polar surface area (TPSA) is 23.6 Å². The number of nitrogens with zero attached hydrogens (tertiary/aromatic N) is 2. The van der Waals surface area contributed by atoms with E-state index in [1.54, 1.807) is 0 Å². The summed E-state index contributed by atoms with van der Waals surface area (Å²) in [6.45, 7) is 2.80. The lowest BCUT2D eigenvalue weighted by Gasteiger charge is -2.42. The van der Waals surface area contributed by atoms with Gasteiger partial charge in [-0.05, 0) is 33.9 Å². The highest BCUT2D eigenvalue weighted by Crippen LogP contribution is 2.26. The average molecular weight is 247 g/mol. The van der Waals surface area contributed by atoms with Crippen LogP contribution in [0.25, 0.3) is 0 Å². The van der Waals surface area contributed by atoms with Crippen molar-refractivity contribution in [3.05, 3.63) is 0 Å². The Bertz CT molecular complexity index is 233. The van der Waals surface area contributed by atoms with Crippen LogP contribution >= 0.6 is 11.6 Å². The molecule has 1 rings (SSSR count). The maximum atomic E-state index is 11.8. The number of amides is 1. The second-order valence-electron chi connectivity index (χ2n) is 4.70. The number of alkyl halides is 1. The van der Waals surface area contributed by atoms with Crippen LogP contribution in [-0.4, -0.2) is 54.3 Å². The lowest BCUT2D eigenvalue weighted by Crippen LogP contribution is -2.53. The minimum absolute atomic E-state index is 0.0721. The van der Waals surface area contributed by atoms with Crippen molar-refractivity contribution in [1.29, 1.82) is 0 Å². The fourth-order valence-corrected chi connectivity index (χ4v) is 2.88. The minimum atomic E-state index is 0.0721. The molecular weight excluding hydrogens is 224 g/mol. The largest absolute Gasteiger partial charge is 0.337 e. The van der Waals surface area contributed by atoms with Crippen molar-refractivity contribution < 1.29 is 4.79 Å². The Balaban J connectivity index is 2.75. The lowest BCUT2D eigenvalue weighted by atomic mass is 9.88. The van der Waals surface area contributed by atoms with E-state index < -0.39 is 0 Å². The van der Waals surface area contributed by atoms with Crippen LogP contribution in [0.2, 0.25) is 0 Å². The van der Waals surface area contributed by atoms with E-state index in [0.29, 0.717) is 12.1 Å². The molecule has 4 heteroatoms. The van der Waals surface area contributed by atoms with E-state index in [9.17, 15) is 4.79 Å². The van der Waals surface area contributed by atoms with Crippen LogP contribution in [0.4, 0.5) is 0 Å². The summed E-state index contributed by atoms with van der Waals surface area (Å²) in [7, 11) is 4.20. The molecule has 2 atom stereocenters. The third-order valence-corrected chi connectivity index (χ3v) is 3.76.